The number of halogens is 2. The third kappa shape index (κ3) is 2.98. The van der Waals surface area contributed by atoms with Crippen molar-refractivity contribution in [3.05, 3.63) is 58.5 Å². The molecule has 114 valence electrons. The minimum Gasteiger partial charge on any atom is -0.505 e. The zero-order valence-corrected chi connectivity index (χ0v) is 12.7. The van der Waals surface area contributed by atoms with E-state index in [9.17, 15) is 9.50 Å². The zero-order valence-electron chi connectivity index (χ0n) is 11.9. The maximum atomic E-state index is 13.6. The lowest BCUT2D eigenvalue weighted by Gasteiger charge is -2.13. The Morgan fingerprint density at radius 1 is 1.36 bits per heavy atom. The molecular formula is C17H16ClFN2O. The minimum atomic E-state index is -0.0718. The Balaban J connectivity index is 1.77. The number of rotatable bonds is 4. The van der Waals surface area contributed by atoms with Crippen LogP contribution in [0.2, 0.25) is 5.02 Å². The molecule has 0 amide bonds. The molecule has 1 aliphatic rings. The van der Waals surface area contributed by atoms with Gasteiger partial charge in [-0.3, -0.25) is 4.98 Å². The topological polar surface area (TPSA) is 45.1 Å². The highest BCUT2D eigenvalue weighted by atomic mass is 35.5. The van der Waals surface area contributed by atoms with Crippen LogP contribution >= 0.6 is 11.6 Å². The lowest BCUT2D eigenvalue weighted by atomic mass is 10.1. The fourth-order valence-electron chi connectivity index (χ4n) is 2.55. The number of allylic oxidation sites excluding steroid dienone is 2. The van der Waals surface area contributed by atoms with Gasteiger partial charge >= 0.3 is 0 Å². The van der Waals surface area contributed by atoms with Crippen molar-refractivity contribution < 1.29 is 9.50 Å². The van der Waals surface area contributed by atoms with E-state index in [1.165, 1.54) is 0 Å². The van der Waals surface area contributed by atoms with Crippen LogP contribution in [0.15, 0.2) is 47.9 Å². The highest BCUT2D eigenvalue weighted by Crippen LogP contribution is 2.32. The zero-order chi connectivity index (χ0) is 15.5. The van der Waals surface area contributed by atoms with E-state index in [4.69, 9.17) is 11.6 Å². The molecule has 2 aromatic rings. The number of fused-ring (bicyclic) bond motifs is 1. The fourth-order valence-corrected chi connectivity index (χ4v) is 2.83. The van der Waals surface area contributed by atoms with Gasteiger partial charge in [-0.2, -0.15) is 0 Å². The largest absolute Gasteiger partial charge is 0.505 e. The summed E-state index contributed by atoms with van der Waals surface area (Å²) in [5.74, 6) is 0.0403. The maximum Gasteiger partial charge on any atom is 0.146 e. The van der Waals surface area contributed by atoms with Gasteiger partial charge in [-0.05, 0) is 30.2 Å². The molecule has 0 atom stereocenters. The monoisotopic (exact) mass is 318 g/mol. The van der Waals surface area contributed by atoms with Gasteiger partial charge in [-0.15, -0.1) is 0 Å². The SMILES string of the molecule is Oc1c(CNCC2=C(F)CCC=C2)cc(Cl)c2cccnc12. The van der Waals surface area contributed by atoms with E-state index in [1.807, 2.05) is 12.1 Å². The first kappa shape index (κ1) is 15.0. The number of nitrogens with one attached hydrogen (secondary N) is 1. The lowest BCUT2D eigenvalue weighted by molar-refractivity contribution is 0.470. The Morgan fingerprint density at radius 2 is 2.23 bits per heavy atom. The molecule has 0 aliphatic heterocycles. The molecule has 0 spiro atoms. The van der Waals surface area contributed by atoms with Gasteiger partial charge in [-0.25, -0.2) is 4.39 Å². The van der Waals surface area contributed by atoms with Crippen LogP contribution < -0.4 is 5.32 Å². The van der Waals surface area contributed by atoms with Crippen LogP contribution in [0.4, 0.5) is 4.39 Å². The highest BCUT2D eigenvalue weighted by Gasteiger charge is 2.12. The van der Waals surface area contributed by atoms with Crippen LogP contribution in [0.3, 0.4) is 0 Å². The maximum absolute atomic E-state index is 13.6. The minimum absolute atomic E-state index is 0.0718. The molecule has 0 saturated carbocycles. The quantitative estimate of drug-likeness (QED) is 0.885. The molecule has 1 aromatic heterocycles. The van der Waals surface area contributed by atoms with Crippen molar-refractivity contribution in [1.29, 1.82) is 0 Å². The number of aromatic hydroxyl groups is 1. The normalized spacial score (nSPS) is 14.8. The van der Waals surface area contributed by atoms with Crippen molar-refractivity contribution >= 4 is 22.5 Å². The number of phenols is 1. The van der Waals surface area contributed by atoms with Gasteiger partial charge in [0.15, 0.2) is 0 Å². The van der Waals surface area contributed by atoms with Crippen LogP contribution in [0, 0.1) is 0 Å². The fraction of sp³-hybridized carbons (Fsp3) is 0.235. The van der Waals surface area contributed by atoms with E-state index in [1.54, 1.807) is 24.4 Å². The van der Waals surface area contributed by atoms with E-state index < -0.39 is 0 Å². The number of phenolic OH excluding ortho intramolecular Hbond substituents is 1. The van der Waals surface area contributed by atoms with Crippen LogP contribution in [0.25, 0.3) is 10.9 Å². The van der Waals surface area contributed by atoms with Gasteiger partial charge in [0.2, 0.25) is 0 Å². The predicted molar refractivity (Wildman–Crippen MR) is 86.6 cm³/mol. The summed E-state index contributed by atoms with van der Waals surface area (Å²) in [6.45, 7) is 0.808. The number of pyridine rings is 1. The Bertz CT molecular complexity index is 771. The molecule has 3 rings (SSSR count). The molecule has 0 saturated heterocycles. The first-order valence-electron chi connectivity index (χ1n) is 7.16. The lowest BCUT2D eigenvalue weighted by Crippen LogP contribution is -2.17. The molecule has 2 N–H and O–H groups in total. The average molecular weight is 319 g/mol. The van der Waals surface area contributed by atoms with Gasteiger partial charge in [0.05, 0.1) is 5.02 Å². The van der Waals surface area contributed by atoms with E-state index in [0.717, 1.165) is 11.8 Å². The Morgan fingerprint density at radius 3 is 3.05 bits per heavy atom. The molecule has 1 aromatic carbocycles. The number of nitrogens with zero attached hydrogens (tertiary/aromatic N) is 1. The molecule has 0 bridgehead atoms. The Labute approximate surface area is 133 Å². The first-order chi connectivity index (χ1) is 10.7. The second-order valence-electron chi connectivity index (χ2n) is 5.24. The van der Waals surface area contributed by atoms with Crippen LogP contribution in [0.5, 0.6) is 5.75 Å². The van der Waals surface area contributed by atoms with Crippen molar-refractivity contribution in [3.8, 4) is 5.75 Å². The molecule has 0 radical (unpaired) electrons. The van der Waals surface area contributed by atoms with E-state index in [-0.39, 0.29) is 11.6 Å². The summed E-state index contributed by atoms with van der Waals surface area (Å²) in [6.07, 6.45) is 6.60. The molecule has 1 heterocycles. The second-order valence-corrected chi connectivity index (χ2v) is 5.65. The van der Waals surface area contributed by atoms with Crippen LogP contribution in [-0.4, -0.2) is 16.6 Å². The van der Waals surface area contributed by atoms with Gasteiger partial charge < -0.3 is 10.4 Å². The third-order valence-corrected chi connectivity index (χ3v) is 4.04. The van der Waals surface area contributed by atoms with Crippen molar-refractivity contribution in [3.63, 3.8) is 0 Å². The first-order valence-corrected chi connectivity index (χ1v) is 7.54. The number of hydrogen-bond acceptors (Lipinski definition) is 3. The number of aromatic nitrogens is 1. The summed E-state index contributed by atoms with van der Waals surface area (Å²) in [6, 6.07) is 5.31. The van der Waals surface area contributed by atoms with Gasteiger partial charge in [0.1, 0.15) is 17.1 Å². The van der Waals surface area contributed by atoms with Gasteiger partial charge in [0.25, 0.3) is 0 Å². The Hall–Kier alpha value is -1.91. The van der Waals surface area contributed by atoms with Crippen molar-refractivity contribution in [2.75, 3.05) is 6.54 Å². The van der Waals surface area contributed by atoms with Crippen molar-refractivity contribution in [2.24, 2.45) is 0 Å². The van der Waals surface area contributed by atoms with E-state index in [0.29, 0.717) is 41.2 Å². The van der Waals surface area contributed by atoms with Gasteiger partial charge in [0, 0.05) is 36.7 Å². The van der Waals surface area contributed by atoms with Gasteiger partial charge in [-0.1, -0.05) is 23.8 Å². The molecular weight excluding hydrogens is 303 g/mol. The summed E-state index contributed by atoms with van der Waals surface area (Å²) < 4.78 is 13.6. The highest BCUT2D eigenvalue weighted by molar-refractivity contribution is 6.35. The number of benzene rings is 1. The van der Waals surface area contributed by atoms with Crippen molar-refractivity contribution in [1.82, 2.24) is 10.3 Å². The predicted octanol–water partition coefficient (Wildman–Crippen LogP) is 4.26. The molecule has 22 heavy (non-hydrogen) atoms. The second kappa shape index (κ2) is 6.46. The molecule has 5 heteroatoms. The Kier molecular flexibility index (Phi) is 4.41. The summed E-state index contributed by atoms with van der Waals surface area (Å²) >= 11 is 6.23. The summed E-state index contributed by atoms with van der Waals surface area (Å²) in [5.41, 5.74) is 1.79. The van der Waals surface area contributed by atoms with Crippen LogP contribution in [-0.2, 0) is 6.54 Å². The molecule has 1 aliphatic carbocycles. The van der Waals surface area contributed by atoms with Crippen molar-refractivity contribution in [2.45, 2.75) is 19.4 Å². The van der Waals surface area contributed by atoms with E-state index in [2.05, 4.69) is 10.3 Å². The molecule has 0 unspecified atom stereocenters. The molecule has 3 nitrogen and oxygen atoms in total. The summed E-state index contributed by atoms with van der Waals surface area (Å²) in [5, 5.41) is 14.7. The third-order valence-electron chi connectivity index (χ3n) is 3.72. The average Bonchev–Trinajstić information content (AvgIpc) is 2.54. The van der Waals surface area contributed by atoms with Crippen LogP contribution in [0.1, 0.15) is 18.4 Å². The summed E-state index contributed by atoms with van der Waals surface area (Å²) in [4.78, 5) is 4.17. The standard InChI is InChI=1S/C17H16ClFN2O/c18-14-8-12(17(22)16-13(14)5-3-7-21-16)10-20-9-11-4-1-2-6-15(11)19/h1,3-5,7-8,20,22H,2,6,9-10H2. The summed E-state index contributed by atoms with van der Waals surface area (Å²) in [7, 11) is 0. The molecule has 0 fully saturated rings. The number of hydrogen-bond donors (Lipinski definition) is 2. The van der Waals surface area contributed by atoms with E-state index >= 15 is 0 Å². The smallest absolute Gasteiger partial charge is 0.146 e.